The van der Waals surface area contributed by atoms with Gasteiger partial charge in [0.05, 0.1) is 5.25 Å². The van der Waals surface area contributed by atoms with Gasteiger partial charge in [-0.3, -0.25) is 0 Å². The molecule has 0 aromatic carbocycles. The van der Waals surface area contributed by atoms with Gasteiger partial charge in [-0.2, -0.15) is 0 Å². The molecule has 126 valence electrons. The Hall–Kier alpha value is -0.820. The summed E-state index contributed by atoms with van der Waals surface area (Å²) in [7, 11) is -3.16. The molecule has 0 unspecified atom stereocenters. The average Bonchev–Trinajstić information content (AvgIpc) is 2.98. The van der Waals surface area contributed by atoms with Gasteiger partial charge in [0.15, 0.2) is 0 Å². The standard InChI is InChI=1S/C15H27N3O3S/c1-2-18-11-12-7-9-17(10-8-14(12)22(18,20)21)15(19)16-13-5-3-4-6-13/h12-14H,2-11H2,1H3,(H,16,19)/t12-,14-/m1/s1. The van der Waals surface area contributed by atoms with Gasteiger partial charge in [0, 0.05) is 32.2 Å². The highest BCUT2D eigenvalue weighted by atomic mass is 32.2. The summed E-state index contributed by atoms with van der Waals surface area (Å²) in [5.41, 5.74) is 0. The summed E-state index contributed by atoms with van der Waals surface area (Å²) in [6.45, 7) is 4.30. The van der Waals surface area contributed by atoms with E-state index >= 15 is 0 Å². The van der Waals surface area contributed by atoms with E-state index in [0.29, 0.717) is 38.6 Å². The number of amides is 2. The smallest absolute Gasteiger partial charge is 0.317 e. The molecule has 0 aromatic heterocycles. The predicted octanol–water partition coefficient (Wildman–Crippen LogP) is 1.38. The van der Waals surface area contributed by atoms with Crippen molar-refractivity contribution in [2.24, 2.45) is 5.92 Å². The molecule has 6 nitrogen and oxygen atoms in total. The van der Waals surface area contributed by atoms with E-state index in [1.54, 1.807) is 4.31 Å². The molecule has 0 bridgehead atoms. The number of sulfonamides is 1. The fourth-order valence-electron chi connectivity index (χ4n) is 4.14. The number of hydrogen-bond donors (Lipinski definition) is 1. The van der Waals surface area contributed by atoms with Crippen LogP contribution in [0.4, 0.5) is 4.79 Å². The van der Waals surface area contributed by atoms with E-state index in [4.69, 9.17) is 0 Å². The highest BCUT2D eigenvalue weighted by Crippen LogP contribution is 2.34. The first-order valence-corrected chi connectivity index (χ1v) is 10.1. The SMILES string of the molecule is CCN1C[C@H]2CCN(C(=O)NC3CCCC3)CC[C@H]2S1(=O)=O. The van der Waals surface area contributed by atoms with Gasteiger partial charge in [0.25, 0.3) is 0 Å². The monoisotopic (exact) mass is 329 g/mol. The van der Waals surface area contributed by atoms with Gasteiger partial charge in [-0.1, -0.05) is 19.8 Å². The topological polar surface area (TPSA) is 69.7 Å². The predicted molar refractivity (Wildman–Crippen MR) is 85.0 cm³/mol. The van der Waals surface area contributed by atoms with Crippen LogP contribution in [0.1, 0.15) is 45.4 Å². The highest BCUT2D eigenvalue weighted by Gasteiger charge is 2.46. The number of fused-ring (bicyclic) bond motifs is 1. The van der Waals surface area contributed by atoms with Gasteiger partial charge in [0.2, 0.25) is 10.0 Å². The number of hydrogen-bond acceptors (Lipinski definition) is 3. The van der Waals surface area contributed by atoms with E-state index in [-0.39, 0.29) is 17.2 Å². The van der Waals surface area contributed by atoms with Crippen LogP contribution in [-0.4, -0.2) is 61.1 Å². The molecule has 22 heavy (non-hydrogen) atoms. The fraction of sp³-hybridized carbons (Fsp3) is 0.933. The number of rotatable bonds is 2. The molecule has 2 amide bonds. The van der Waals surface area contributed by atoms with Crippen molar-refractivity contribution >= 4 is 16.1 Å². The number of likely N-dealkylation sites (tertiary alicyclic amines) is 1. The minimum absolute atomic E-state index is 0.00313. The normalized spacial score (nSPS) is 32.7. The maximum atomic E-state index is 12.5. The Bertz CT molecular complexity index is 516. The van der Waals surface area contributed by atoms with Crippen LogP contribution >= 0.6 is 0 Å². The summed E-state index contributed by atoms with van der Waals surface area (Å²) in [6.07, 6.45) is 5.90. The van der Waals surface area contributed by atoms with Gasteiger partial charge in [-0.25, -0.2) is 17.5 Å². The molecule has 1 aliphatic carbocycles. The van der Waals surface area contributed by atoms with Crippen molar-refractivity contribution < 1.29 is 13.2 Å². The molecule has 2 aliphatic heterocycles. The molecule has 0 aromatic rings. The summed E-state index contributed by atoms with van der Waals surface area (Å²) < 4.78 is 26.6. The molecular weight excluding hydrogens is 302 g/mol. The third-order valence-electron chi connectivity index (χ3n) is 5.48. The molecule has 1 N–H and O–H groups in total. The molecule has 7 heteroatoms. The van der Waals surface area contributed by atoms with Gasteiger partial charge < -0.3 is 10.2 Å². The van der Waals surface area contributed by atoms with Crippen LogP contribution < -0.4 is 5.32 Å². The van der Waals surface area contributed by atoms with Crippen LogP contribution in [0.3, 0.4) is 0 Å². The summed E-state index contributed by atoms with van der Waals surface area (Å²) in [6, 6.07) is 0.311. The van der Waals surface area contributed by atoms with Crippen molar-refractivity contribution in [1.29, 1.82) is 0 Å². The van der Waals surface area contributed by atoms with Crippen molar-refractivity contribution in [2.45, 2.75) is 56.7 Å². The fourth-order valence-corrected chi connectivity index (χ4v) is 6.40. The van der Waals surface area contributed by atoms with Gasteiger partial charge in [-0.05, 0) is 31.6 Å². The zero-order valence-corrected chi connectivity index (χ0v) is 14.1. The summed E-state index contributed by atoms with van der Waals surface area (Å²) in [4.78, 5) is 14.2. The summed E-state index contributed by atoms with van der Waals surface area (Å²) in [5.74, 6) is 0.175. The quantitative estimate of drug-likeness (QED) is 0.832. The first-order valence-electron chi connectivity index (χ1n) is 8.56. The Kier molecular flexibility index (Phi) is 4.64. The molecule has 1 saturated carbocycles. The van der Waals surface area contributed by atoms with Gasteiger partial charge in [0.1, 0.15) is 0 Å². The van der Waals surface area contributed by atoms with E-state index in [1.807, 2.05) is 11.8 Å². The highest BCUT2D eigenvalue weighted by molar-refractivity contribution is 7.90. The lowest BCUT2D eigenvalue weighted by Crippen LogP contribution is -2.44. The van der Waals surface area contributed by atoms with Crippen molar-refractivity contribution in [1.82, 2.24) is 14.5 Å². The number of urea groups is 1. The summed E-state index contributed by atoms with van der Waals surface area (Å²) in [5, 5.41) is 2.82. The lowest BCUT2D eigenvalue weighted by Gasteiger charge is -2.24. The van der Waals surface area contributed by atoms with Crippen LogP contribution in [0.5, 0.6) is 0 Å². The minimum atomic E-state index is -3.16. The number of carbonyl (C=O) groups is 1. The maximum absolute atomic E-state index is 12.5. The second kappa shape index (κ2) is 6.35. The molecule has 3 aliphatic rings. The number of carbonyl (C=O) groups excluding carboxylic acids is 1. The lowest BCUT2D eigenvalue weighted by molar-refractivity contribution is 0.194. The minimum Gasteiger partial charge on any atom is -0.335 e. The van der Waals surface area contributed by atoms with E-state index < -0.39 is 10.0 Å². The van der Waals surface area contributed by atoms with Crippen LogP contribution in [0.25, 0.3) is 0 Å². The second-order valence-corrected chi connectivity index (χ2v) is 8.94. The average molecular weight is 329 g/mol. The molecule has 2 saturated heterocycles. The number of nitrogens with one attached hydrogen (secondary N) is 1. The largest absolute Gasteiger partial charge is 0.335 e. The van der Waals surface area contributed by atoms with Gasteiger partial charge >= 0.3 is 6.03 Å². The van der Waals surface area contributed by atoms with Crippen LogP contribution in [0.2, 0.25) is 0 Å². The zero-order valence-electron chi connectivity index (χ0n) is 13.3. The second-order valence-electron chi connectivity index (χ2n) is 6.79. The Balaban J connectivity index is 1.61. The van der Waals surface area contributed by atoms with E-state index in [0.717, 1.165) is 19.3 Å². The zero-order chi connectivity index (χ0) is 15.7. The molecule has 0 spiro atoms. The molecule has 0 radical (unpaired) electrons. The third kappa shape index (κ3) is 2.97. The molecule has 2 atom stereocenters. The van der Waals surface area contributed by atoms with Crippen molar-refractivity contribution in [3.63, 3.8) is 0 Å². The molecule has 2 heterocycles. The van der Waals surface area contributed by atoms with Crippen LogP contribution in [-0.2, 0) is 10.0 Å². The Morgan fingerprint density at radius 1 is 1.14 bits per heavy atom. The van der Waals surface area contributed by atoms with Crippen molar-refractivity contribution in [3.05, 3.63) is 0 Å². The molecule has 3 rings (SSSR count). The van der Waals surface area contributed by atoms with Crippen LogP contribution in [0, 0.1) is 5.92 Å². The lowest BCUT2D eigenvalue weighted by atomic mass is 10.0. The van der Waals surface area contributed by atoms with E-state index in [2.05, 4.69) is 5.32 Å². The van der Waals surface area contributed by atoms with E-state index in [9.17, 15) is 13.2 Å². The number of nitrogens with zero attached hydrogens (tertiary/aromatic N) is 2. The Labute approximate surface area is 133 Å². The van der Waals surface area contributed by atoms with Crippen molar-refractivity contribution in [2.75, 3.05) is 26.2 Å². The molecule has 3 fully saturated rings. The van der Waals surface area contributed by atoms with E-state index in [1.165, 1.54) is 12.8 Å². The Morgan fingerprint density at radius 2 is 1.82 bits per heavy atom. The Morgan fingerprint density at radius 3 is 2.50 bits per heavy atom. The van der Waals surface area contributed by atoms with Gasteiger partial charge in [-0.15, -0.1) is 0 Å². The first-order chi connectivity index (χ1) is 10.5. The third-order valence-corrected chi connectivity index (χ3v) is 8.00. The first kappa shape index (κ1) is 16.1. The summed E-state index contributed by atoms with van der Waals surface area (Å²) >= 11 is 0. The van der Waals surface area contributed by atoms with Crippen molar-refractivity contribution in [3.8, 4) is 0 Å². The maximum Gasteiger partial charge on any atom is 0.317 e. The molecular formula is C15H27N3O3S. The van der Waals surface area contributed by atoms with Crippen LogP contribution in [0.15, 0.2) is 0 Å².